The molecule has 2 aromatic rings. The summed E-state index contributed by atoms with van der Waals surface area (Å²) in [5.74, 6) is -0.392. The fourth-order valence-electron chi connectivity index (χ4n) is 2.52. The molecule has 0 bridgehead atoms. The summed E-state index contributed by atoms with van der Waals surface area (Å²) in [5.41, 5.74) is 5.49. The van der Waals surface area contributed by atoms with Crippen LogP contribution < -0.4 is 5.32 Å². The number of Topliss-reactive ketones (excluding diaryl/α,β-unsaturated/α-hetero) is 1. The molecule has 0 saturated carbocycles. The van der Waals surface area contributed by atoms with Crippen molar-refractivity contribution in [1.82, 2.24) is 0 Å². The molecule has 3 heteroatoms. The van der Waals surface area contributed by atoms with Gasteiger partial charge < -0.3 is 5.32 Å². The van der Waals surface area contributed by atoms with Crippen molar-refractivity contribution in [2.75, 3.05) is 5.32 Å². The van der Waals surface area contributed by atoms with Gasteiger partial charge in [0.2, 0.25) is 5.91 Å². The number of anilines is 1. The van der Waals surface area contributed by atoms with Crippen LogP contribution in [-0.4, -0.2) is 11.7 Å². The Hall–Kier alpha value is -2.42. The maximum absolute atomic E-state index is 11.8. The minimum atomic E-state index is -0.259. The lowest BCUT2D eigenvalue weighted by Gasteiger charge is -2.15. The molecule has 0 atom stereocenters. The number of benzene rings is 2. The van der Waals surface area contributed by atoms with E-state index >= 15 is 0 Å². The van der Waals surface area contributed by atoms with Gasteiger partial charge in [-0.05, 0) is 55.5 Å². The SMILES string of the molecule is CC(=O)CC(=O)Nc1ccc(C)c(Cc2ccccc2)c1C. The molecule has 1 amide bonds. The van der Waals surface area contributed by atoms with Crippen LogP contribution in [0.1, 0.15) is 35.6 Å². The van der Waals surface area contributed by atoms with Crippen molar-refractivity contribution in [3.63, 3.8) is 0 Å². The van der Waals surface area contributed by atoms with Crippen LogP contribution in [0.5, 0.6) is 0 Å². The maximum Gasteiger partial charge on any atom is 0.231 e. The number of aryl methyl sites for hydroxylation is 1. The topological polar surface area (TPSA) is 46.2 Å². The highest BCUT2D eigenvalue weighted by Crippen LogP contribution is 2.25. The monoisotopic (exact) mass is 295 g/mol. The van der Waals surface area contributed by atoms with Crippen molar-refractivity contribution >= 4 is 17.4 Å². The van der Waals surface area contributed by atoms with Crippen molar-refractivity contribution < 1.29 is 9.59 Å². The van der Waals surface area contributed by atoms with Crippen LogP contribution in [-0.2, 0) is 16.0 Å². The molecule has 0 aliphatic rings. The summed E-state index contributed by atoms with van der Waals surface area (Å²) in [7, 11) is 0. The van der Waals surface area contributed by atoms with Gasteiger partial charge in [-0.3, -0.25) is 9.59 Å². The lowest BCUT2D eigenvalue weighted by atomic mass is 9.95. The molecule has 0 aliphatic carbocycles. The Morgan fingerprint density at radius 1 is 1.00 bits per heavy atom. The minimum Gasteiger partial charge on any atom is -0.325 e. The second-order valence-corrected chi connectivity index (χ2v) is 5.62. The van der Waals surface area contributed by atoms with E-state index in [1.165, 1.54) is 23.6 Å². The van der Waals surface area contributed by atoms with Crippen molar-refractivity contribution in [3.8, 4) is 0 Å². The van der Waals surface area contributed by atoms with Crippen LogP contribution in [0.4, 0.5) is 5.69 Å². The highest BCUT2D eigenvalue weighted by molar-refractivity contribution is 6.03. The molecule has 0 heterocycles. The Kier molecular flexibility index (Phi) is 5.10. The van der Waals surface area contributed by atoms with Crippen LogP contribution in [0.2, 0.25) is 0 Å². The zero-order valence-corrected chi connectivity index (χ0v) is 13.3. The molecule has 0 fully saturated rings. The molecule has 1 N–H and O–H groups in total. The molecule has 0 spiro atoms. The summed E-state index contributed by atoms with van der Waals surface area (Å²) in [6.45, 7) is 5.50. The van der Waals surface area contributed by atoms with E-state index in [4.69, 9.17) is 0 Å². The molecular formula is C19H21NO2. The third-order valence-electron chi connectivity index (χ3n) is 3.74. The summed E-state index contributed by atoms with van der Waals surface area (Å²) >= 11 is 0. The molecular weight excluding hydrogens is 274 g/mol. The predicted molar refractivity (Wildman–Crippen MR) is 89.1 cm³/mol. The standard InChI is InChI=1S/C19H21NO2/c1-13-9-10-18(20-19(22)11-14(2)21)15(3)17(13)12-16-7-5-4-6-8-16/h4-10H,11-12H2,1-3H3,(H,20,22). The number of hydrogen-bond donors (Lipinski definition) is 1. The first kappa shape index (κ1) is 16.0. The Morgan fingerprint density at radius 3 is 2.32 bits per heavy atom. The normalized spacial score (nSPS) is 10.3. The van der Waals surface area contributed by atoms with Gasteiger partial charge in [-0.2, -0.15) is 0 Å². The molecule has 114 valence electrons. The molecule has 0 aliphatic heterocycles. The van der Waals surface area contributed by atoms with Gasteiger partial charge in [0, 0.05) is 5.69 Å². The second-order valence-electron chi connectivity index (χ2n) is 5.62. The second kappa shape index (κ2) is 7.03. The lowest BCUT2D eigenvalue weighted by Crippen LogP contribution is -2.16. The zero-order valence-electron chi connectivity index (χ0n) is 13.3. The molecule has 2 aromatic carbocycles. The quantitative estimate of drug-likeness (QED) is 0.853. The molecule has 0 saturated heterocycles. The van der Waals surface area contributed by atoms with E-state index in [-0.39, 0.29) is 18.1 Å². The number of amides is 1. The lowest BCUT2D eigenvalue weighted by molar-refractivity contribution is -0.124. The highest BCUT2D eigenvalue weighted by Gasteiger charge is 2.11. The van der Waals surface area contributed by atoms with Crippen molar-refractivity contribution in [1.29, 1.82) is 0 Å². The number of nitrogens with one attached hydrogen (secondary N) is 1. The average Bonchev–Trinajstić information content (AvgIpc) is 2.47. The molecule has 0 aromatic heterocycles. The third kappa shape index (κ3) is 4.04. The molecule has 0 radical (unpaired) electrons. The van der Waals surface area contributed by atoms with Gasteiger partial charge in [0.25, 0.3) is 0 Å². The van der Waals surface area contributed by atoms with E-state index in [2.05, 4.69) is 24.4 Å². The Balaban J connectivity index is 2.25. The van der Waals surface area contributed by atoms with E-state index in [0.717, 1.165) is 17.7 Å². The number of ketones is 1. The first-order valence-electron chi connectivity index (χ1n) is 7.39. The fraction of sp³-hybridized carbons (Fsp3) is 0.263. The van der Waals surface area contributed by atoms with Crippen LogP contribution in [0, 0.1) is 13.8 Å². The van der Waals surface area contributed by atoms with E-state index < -0.39 is 0 Å². The molecule has 22 heavy (non-hydrogen) atoms. The number of carbonyl (C=O) groups excluding carboxylic acids is 2. The van der Waals surface area contributed by atoms with Crippen LogP contribution in [0.15, 0.2) is 42.5 Å². The van der Waals surface area contributed by atoms with Crippen LogP contribution in [0.3, 0.4) is 0 Å². The summed E-state index contributed by atoms with van der Waals surface area (Å²) in [5, 5.41) is 2.84. The Labute approximate surface area is 131 Å². The smallest absolute Gasteiger partial charge is 0.231 e. The molecule has 0 unspecified atom stereocenters. The average molecular weight is 295 g/mol. The molecule has 3 nitrogen and oxygen atoms in total. The van der Waals surface area contributed by atoms with Crippen molar-refractivity contribution in [3.05, 3.63) is 64.7 Å². The summed E-state index contributed by atoms with van der Waals surface area (Å²) in [6.07, 6.45) is 0.746. The van der Waals surface area contributed by atoms with Gasteiger partial charge in [0.1, 0.15) is 5.78 Å². The largest absolute Gasteiger partial charge is 0.325 e. The Morgan fingerprint density at radius 2 is 1.68 bits per heavy atom. The first-order valence-corrected chi connectivity index (χ1v) is 7.39. The maximum atomic E-state index is 11.8. The van der Waals surface area contributed by atoms with Gasteiger partial charge in [0.15, 0.2) is 0 Å². The van der Waals surface area contributed by atoms with Gasteiger partial charge >= 0.3 is 0 Å². The number of hydrogen-bond acceptors (Lipinski definition) is 2. The van der Waals surface area contributed by atoms with E-state index in [1.54, 1.807) is 0 Å². The van der Waals surface area contributed by atoms with E-state index in [0.29, 0.717) is 0 Å². The van der Waals surface area contributed by atoms with Crippen LogP contribution >= 0.6 is 0 Å². The van der Waals surface area contributed by atoms with Gasteiger partial charge in [-0.25, -0.2) is 0 Å². The van der Waals surface area contributed by atoms with Crippen molar-refractivity contribution in [2.45, 2.75) is 33.6 Å². The summed E-state index contributed by atoms with van der Waals surface area (Å²) in [6, 6.07) is 14.2. The minimum absolute atomic E-state index is 0.0820. The number of rotatable bonds is 5. The molecule has 2 rings (SSSR count). The van der Waals surface area contributed by atoms with Gasteiger partial charge in [0.05, 0.1) is 6.42 Å². The van der Waals surface area contributed by atoms with Gasteiger partial charge in [-0.15, -0.1) is 0 Å². The van der Waals surface area contributed by atoms with Crippen molar-refractivity contribution in [2.24, 2.45) is 0 Å². The highest BCUT2D eigenvalue weighted by atomic mass is 16.2. The first-order chi connectivity index (χ1) is 10.5. The van der Waals surface area contributed by atoms with Gasteiger partial charge in [-0.1, -0.05) is 36.4 Å². The zero-order chi connectivity index (χ0) is 16.1. The van der Waals surface area contributed by atoms with E-state index in [9.17, 15) is 9.59 Å². The Bertz CT molecular complexity index is 690. The number of carbonyl (C=O) groups is 2. The predicted octanol–water partition coefficient (Wildman–Crippen LogP) is 3.81. The third-order valence-corrected chi connectivity index (χ3v) is 3.74. The summed E-state index contributed by atoms with van der Waals surface area (Å²) in [4.78, 5) is 22.8. The van der Waals surface area contributed by atoms with Crippen LogP contribution in [0.25, 0.3) is 0 Å². The fourth-order valence-corrected chi connectivity index (χ4v) is 2.52. The summed E-state index contributed by atoms with van der Waals surface area (Å²) < 4.78 is 0. The van der Waals surface area contributed by atoms with E-state index in [1.807, 2.05) is 37.3 Å².